The highest BCUT2D eigenvalue weighted by Gasteiger charge is 2.31. The molecule has 0 bridgehead atoms. The van der Waals surface area contributed by atoms with Crippen LogP contribution in [0.1, 0.15) is 13.8 Å². The maximum atomic E-state index is 10.3. The van der Waals surface area contributed by atoms with E-state index in [1.807, 2.05) is 0 Å². The highest BCUT2D eigenvalue weighted by molar-refractivity contribution is 6.52. The predicted octanol–water partition coefficient (Wildman–Crippen LogP) is 2.35. The lowest BCUT2D eigenvalue weighted by Gasteiger charge is -2.20. The van der Waals surface area contributed by atoms with Crippen molar-refractivity contribution in [3.05, 3.63) is 0 Å². The smallest absolute Gasteiger partial charge is 0.302 e. The van der Waals surface area contributed by atoms with Gasteiger partial charge in [-0.05, 0) is 6.92 Å². The van der Waals surface area contributed by atoms with Crippen molar-refractivity contribution in [1.82, 2.24) is 0 Å². The Morgan fingerprint density at radius 3 is 2.36 bits per heavy atom. The Morgan fingerprint density at radius 1 is 1.64 bits per heavy atom. The summed E-state index contributed by atoms with van der Waals surface area (Å²) in [4.78, 5) is 10.3. The zero-order valence-electron chi connectivity index (χ0n) is 6.23. The number of hydrogen-bond donors (Lipinski definition) is 0. The highest BCUT2D eigenvalue weighted by atomic mass is 35.5. The highest BCUT2D eigenvalue weighted by Crippen LogP contribution is 2.29. The number of halogens is 3. The summed E-state index contributed by atoms with van der Waals surface area (Å²) in [6, 6.07) is 0. The van der Waals surface area contributed by atoms with Gasteiger partial charge in [0.25, 0.3) is 0 Å². The second-order valence-electron chi connectivity index (χ2n) is 2.16. The van der Waals surface area contributed by atoms with Gasteiger partial charge < -0.3 is 4.74 Å². The van der Waals surface area contributed by atoms with E-state index < -0.39 is 15.7 Å². The zero-order valence-corrected chi connectivity index (χ0v) is 8.50. The number of alkyl halides is 3. The fourth-order valence-electron chi connectivity index (χ4n) is 0.313. The predicted molar refractivity (Wildman–Crippen MR) is 46.4 cm³/mol. The molecule has 66 valence electrons. The van der Waals surface area contributed by atoms with Gasteiger partial charge in [0.2, 0.25) is 0 Å². The van der Waals surface area contributed by atoms with E-state index in [4.69, 9.17) is 34.8 Å². The molecule has 1 unspecified atom stereocenters. The molecule has 11 heavy (non-hydrogen) atoms. The molecule has 5 heteroatoms. The van der Waals surface area contributed by atoms with Crippen LogP contribution < -0.4 is 0 Å². The summed E-state index contributed by atoms with van der Waals surface area (Å²) in [6.45, 7) is 2.82. The minimum absolute atomic E-state index is 0.0872. The lowest BCUT2D eigenvalue weighted by Crippen LogP contribution is -2.30. The van der Waals surface area contributed by atoms with Gasteiger partial charge in [0, 0.05) is 6.92 Å². The van der Waals surface area contributed by atoms with Crippen molar-refractivity contribution >= 4 is 40.8 Å². The van der Waals surface area contributed by atoms with E-state index in [-0.39, 0.29) is 6.61 Å². The van der Waals surface area contributed by atoms with E-state index >= 15 is 0 Å². The number of ether oxygens (including phenoxy) is 1. The van der Waals surface area contributed by atoms with Crippen molar-refractivity contribution in [1.29, 1.82) is 0 Å². The monoisotopic (exact) mass is 218 g/mol. The number of carbonyl (C=O) groups excluding carboxylic acids is 1. The van der Waals surface area contributed by atoms with Gasteiger partial charge in [0.15, 0.2) is 4.33 Å². The van der Waals surface area contributed by atoms with Crippen LogP contribution in [0.3, 0.4) is 0 Å². The number of carbonyl (C=O) groups is 1. The Bertz CT molecular complexity index is 145. The van der Waals surface area contributed by atoms with Gasteiger partial charge in [0.05, 0.1) is 5.38 Å². The molecule has 1 atom stereocenters. The molecule has 0 spiro atoms. The minimum atomic E-state index is -1.20. The number of rotatable bonds is 3. The molecular formula is C6H9Cl3O2. The van der Waals surface area contributed by atoms with Crippen LogP contribution in [0, 0.1) is 0 Å². The van der Waals surface area contributed by atoms with Gasteiger partial charge in [0.1, 0.15) is 6.61 Å². The van der Waals surface area contributed by atoms with E-state index in [2.05, 4.69) is 4.74 Å². The summed E-state index contributed by atoms with van der Waals surface area (Å²) in [5.74, 6) is -0.423. The molecule has 0 radical (unpaired) electrons. The van der Waals surface area contributed by atoms with E-state index in [1.54, 1.807) is 6.92 Å². The molecule has 0 aromatic rings. The van der Waals surface area contributed by atoms with Crippen LogP contribution in [0.4, 0.5) is 0 Å². The third-order valence-electron chi connectivity index (χ3n) is 1.05. The molecular weight excluding hydrogens is 210 g/mol. The van der Waals surface area contributed by atoms with Crippen LogP contribution in [0.2, 0.25) is 0 Å². The first-order valence-corrected chi connectivity index (χ1v) is 4.21. The molecule has 0 aliphatic carbocycles. The van der Waals surface area contributed by atoms with Crippen molar-refractivity contribution < 1.29 is 9.53 Å². The van der Waals surface area contributed by atoms with Crippen molar-refractivity contribution in [2.75, 3.05) is 6.61 Å². The van der Waals surface area contributed by atoms with Crippen LogP contribution >= 0.6 is 34.8 Å². The van der Waals surface area contributed by atoms with Gasteiger partial charge in [-0.25, -0.2) is 0 Å². The van der Waals surface area contributed by atoms with Crippen LogP contribution in [0.5, 0.6) is 0 Å². The minimum Gasteiger partial charge on any atom is -0.463 e. The van der Waals surface area contributed by atoms with Gasteiger partial charge in [-0.1, -0.05) is 23.2 Å². The van der Waals surface area contributed by atoms with Crippen LogP contribution in [-0.4, -0.2) is 22.3 Å². The van der Waals surface area contributed by atoms with Gasteiger partial charge >= 0.3 is 5.97 Å². The summed E-state index contributed by atoms with van der Waals surface area (Å²) < 4.78 is 3.38. The Morgan fingerprint density at radius 2 is 2.09 bits per heavy atom. The first kappa shape index (κ1) is 11.3. The summed E-state index contributed by atoms with van der Waals surface area (Å²) in [7, 11) is 0. The van der Waals surface area contributed by atoms with E-state index in [1.165, 1.54) is 6.92 Å². The average molecular weight is 219 g/mol. The molecule has 0 aliphatic heterocycles. The molecule has 0 N–H and O–H groups in total. The maximum Gasteiger partial charge on any atom is 0.302 e. The van der Waals surface area contributed by atoms with Crippen molar-refractivity contribution in [2.45, 2.75) is 23.6 Å². The van der Waals surface area contributed by atoms with E-state index in [0.717, 1.165) is 0 Å². The molecule has 0 aliphatic rings. The fourth-order valence-corrected chi connectivity index (χ4v) is 0.485. The lowest BCUT2D eigenvalue weighted by molar-refractivity contribution is -0.141. The third-order valence-corrected chi connectivity index (χ3v) is 2.52. The van der Waals surface area contributed by atoms with Gasteiger partial charge in [-0.2, -0.15) is 0 Å². The summed E-state index contributed by atoms with van der Waals surface area (Å²) >= 11 is 16.9. The molecule has 0 saturated heterocycles. The molecule has 0 saturated carbocycles. The van der Waals surface area contributed by atoms with Crippen molar-refractivity contribution in [3.63, 3.8) is 0 Å². The van der Waals surface area contributed by atoms with Crippen LogP contribution in [0.25, 0.3) is 0 Å². The average Bonchev–Trinajstić information content (AvgIpc) is 1.84. The summed E-state index contributed by atoms with van der Waals surface area (Å²) in [5, 5.41) is -0.467. The lowest BCUT2D eigenvalue weighted by atomic mass is 10.3. The SMILES string of the molecule is CC(=O)OCC(Cl)(Cl)C(C)Cl. The summed E-state index contributed by atoms with van der Waals surface area (Å²) in [5.41, 5.74) is 0. The number of esters is 1. The van der Waals surface area contributed by atoms with Gasteiger partial charge in [-0.15, -0.1) is 11.6 Å². The molecule has 2 nitrogen and oxygen atoms in total. The third kappa shape index (κ3) is 4.72. The maximum absolute atomic E-state index is 10.3. The quantitative estimate of drug-likeness (QED) is 0.538. The first-order valence-electron chi connectivity index (χ1n) is 3.01. The molecule has 0 aromatic carbocycles. The Balaban J connectivity index is 3.82. The van der Waals surface area contributed by atoms with Crippen molar-refractivity contribution in [3.8, 4) is 0 Å². The zero-order chi connectivity index (χ0) is 9.07. The molecule has 0 aromatic heterocycles. The summed E-state index contributed by atoms with van der Waals surface area (Å²) in [6.07, 6.45) is 0. The largest absolute Gasteiger partial charge is 0.463 e. The first-order chi connectivity index (χ1) is 4.86. The normalized spacial score (nSPS) is 14.3. The molecule has 0 fully saturated rings. The number of hydrogen-bond acceptors (Lipinski definition) is 2. The second kappa shape index (κ2) is 4.39. The second-order valence-corrected chi connectivity index (χ2v) is 4.35. The Kier molecular flexibility index (Phi) is 4.52. The topological polar surface area (TPSA) is 26.3 Å². The van der Waals surface area contributed by atoms with Crippen LogP contribution in [-0.2, 0) is 9.53 Å². The standard InChI is InChI=1S/C6H9Cl3O2/c1-4(7)6(8,9)3-11-5(2)10/h4H,3H2,1-2H3. The molecule has 0 rings (SSSR count). The molecule has 0 amide bonds. The van der Waals surface area contributed by atoms with Gasteiger partial charge in [-0.3, -0.25) is 4.79 Å². The van der Waals surface area contributed by atoms with E-state index in [0.29, 0.717) is 0 Å². The van der Waals surface area contributed by atoms with E-state index in [9.17, 15) is 4.79 Å². The molecule has 0 heterocycles. The van der Waals surface area contributed by atoms with Crippen molar-refractivity contribution in [2.24, 2.45) is 0 Å². The Labute approximate surface area is 80.7 Å². The van der Waals surface area contributed by atoms with Crippen LogP contribution in [0.15, 0.2) is 0 Å². The fraction of sp³-hybridized carbons (Fsp3) is 0.833. The Hall–Kier alpha value is 0.340.